The minimum atomic E-state index is -1.21. The van der Waals surface area contributed by atoms with Gasteiger partial charge in [0, 0.05) is 24.5 Å². The van der Waals surface area contributed by atoms with Gasteiger partial charge in [-0.3, -0.25) is 4.79 Å². The third-order valence-corrected chi connectivity index (χ3v) is 5.20. The summed E-state index contributed by atoms with van der Waals surface area (Å²) < 4.78 is 5.29. The predicted molar refractivity (Wildman–Crippen MR) is 114 cm³/mol. The van der Waals surface area contributed by atoms with Gasteiger partial charge in [0.05, 0.1) is 0 Å². The molecule has 0 aliphatic carbocycles. The molecule has 1 aromatic rings. The second-order valence-corrected chi connectivity index (χ2v) is 9.28. The van der Waals surface area contributed by atoms with Crippen LogP contribution in [-0.2, 0) is 15.1 Å². The van der Waals surface area contributed by atoms with Crippen molar-refractivity contribution in [2.75, 3.05) is 13.1 Å². The van der Waals surface area contributed by atoms with E-state index in [-0.39, 0.29) is 18.4 Å². The topological polar surface area (TPSA) is 78.9 Å². The molecule has 0 radical (unpaired) electrons. The highest BCUT2D eigenvalue weighted by atomic mass is 35.5. The Labute approximate surface area is 177 Å². The third kappa shape index (κ3) is 5.73. The van der Waals surface area contributed by atoms with E-state index in [1.807, 2.05) is 13.8 Å². The molecule has 1 heterocycles. The number of carbonyl (C=O) groups excluding carboxylic acids is 2. The molecule has 6 nitrogen and oxygen atoms in total. The minimum Gasteiger partial charge on any atom is -0.444 e. The van der Waals surface area contributed by atoms with Crippen LogP contribution in [-0.4, -0.2) is 46.7 Å². The van der Waals surface area contributed by atoms with Crippen molar-refractivity contribution < 1.29 is 19.4 Å². The van der Waals surface area contributed by atoms with Gasteiger partial charge in [-0.2, -0.15) is 0 Å². The third-order valence-electron chi connectivity index (χ3n) is 4.95. The molecule has 0 spiro atoms. The monoisotopic (exact) mass is 422 g/mol. The van der Waals surface area contributed by atoms with Gasteiger partial charge in [0.2, 0.25) is 5.91 Å². The van der Waals surface area contributed by atoms with Crippen molar-refractivity contribution in [3.63, 3.8) is 0 Å². The van der Waals surface area contributed by atoms with Gasteiger partial charge in [0.25, 0.3) is 0 Å². The zero-order valence-corrected chi connectivity index (χ0v) is 18.5. The first-order chi connectivity index (χ1) is 13.3. The maximum Gasteiger partial charge on any atom is 0.408 e. The minimum absolute atomic E-state index is 0.125. The second-order valence-electron chi connectivity index (χ2n) is 8.85. The van der Waals surface area contributed by atoms with Crippen LogP contribution >= 0.6 is 11.6 Å². The Balaban J connectivity index is 2.10. The maximum absolute atomic E-state index is 13.1. The van der Waals surface area contributed by atoms with Gasteiger partial charge in [0.1, 0.15) is 17.2 Å². The number of halogens is 1. The highest BCUT2D eigenvalue weighted by molar-refractivity contribution is 6.30. The highest BCUT2D eigenvalue weighted by Gasteiger charge is 2.40. The summed E-state index contributed by atoms with van der Waals surface area (Å²) in [6.07, 6.45) is -0.311. The van der Waals surface area contributed by atoms with E-state index in [0.717, 1.165) is 0 Å². The molecule has 1 aliphatic heterocycles. The zero-order valence-electron chi connectivity index (χ0n) is 17.8. The summed E-state index contributed by atoms with van der Waals surface area (Å²) in [5.41, 5.74) is -0.637. The van der Waals surface area contributed by atoms with E-state index >= 15 is 0 Å². The van der Waals surface area contributed by atoms with Crippen LogP contribution in [0.1, 0.15) is 46.6 Å². The number of likely N-dealkylation sites (tertiary alicyclic amines) is 1. The van der Waals surface area contributed by atoms with Crippen LogP contribution in [0.2, 0.25) is 5.02 Å². The lowest BCUT2D eigenvalue weighted by Crippen LogP contribution is -2.55. The first-order valence-electron chi connectivity index (χ1n) is 9.78. The van der Waals surface area contributed by atoms with Crippen LogP contribution in [0.15, 0.2) is 36.4 Å². The number of rotatable bonds is 4. The number of aliphatic hydroxyl groups is 1. The summed E-state index contributed by atoms with van der Waals surface area (Å²) >= 11 is 5.94. The fourth-order valence-corrected chi connectivity index (χ4v) is 3.45. The molecule has 0 saturated carbocycles. The van der Waals surface area contributed by atoms with Gasteiger partial charge < -0.3 is 20.1 Å². The molecule has 1 fully saturated rings. The predicted octanol–water partition coefficient (Wildman–Crippen LogP) is 3.87. The van der Waals surface area contributed by atoms with Crippen molar-refractivity contribution in [3.05, 3.63) is 47.0 Å². The quantitative estimate of drug-likeness (QED) is 0.722. The summed E-state index contributed by atoms with van der Waals surface area (Å²) in [6, 6.07) is 6.26. The Hall–Kier alpha value is -2.05. The van der Waals surface area contributed by atoms with E-state index in [1.54, 1.807) is 49.9 Å². The van der Waals surface area contributed by atoms with E-state index in [4.69, 9.17) is 16.3 Å². The summed E-state index contributed by atoms with van der Waals surface area (Å²) in [4.78, 5) is 26.9. The lowest BCUT2D eigenvalue weighted by Gasteiger charge is -2.42. The lowest BCUT2D eigenvalue weighted by molar-refractivity contribution is -0.136. The zero-order chi connectivity index (χ0) is 22.0. The van der Waals surface area contributed by atoms with Crippen molar-refractivity contribution in [2.24, 2.45) is 5.92 Å². The van der Waals surface area contributed by atoms with Gasteiger partial charge >= 0.3 is 6.09 Å². The highest BCUT2D eigenvalue weighted by Crippen LogP contribution is 2.36. The van der Waals surface area contributed by atoms with Gasteiger partial charge in [-0.05, 0) is 50.0 Å². The SMILES string of the molecule is C=C1CN(C(=O)C(NC(=O)OC(C)(C)C)C(C)C)CC[C@]1(O)c1ccc(Cl)cc1. The number of alkyl carbamates (subject to hydrolysis) is 1. The molecule has 1 saturated heterocycles. The Morgan fingerprint density at radius 2 is 1.86 bits per heavy atom. The Kier molecular flexibility index (Phi) is 7.01. The molecule has 0 bridgehead atoms. The fraction of sp³-hybridized carbons (Fsp3) is 0.545. The number of benzene rings is 1. The van der Waals surface area contributed by atoms with Crippen LogP contribution in [0, 0.1) is 5.92 Å². The number of carbonyl (C=O) groups is 2. The van der Waals surface area contributed by atoms with Gasteiger partial charge in [-0.25, -0.2) is 4.79 Å². The molecule has 7 heteroatoms. The summed E-state index contributed by atoms with van der Waals surface area (Å²) in [6.45, 7) is 13.6. The van der Waals surface area contributed by atoms with Crippen LogP contribution in [0.4, 0.5) is 4.79 Å². The van der Waals surface area contributed by atoms with Crippen molar-refractivity contribution in [2.45, 2.75) is 58.3 Å². The molecule has 0 aromatic heterocycles. The number of hydrogen-bond acceptors (Lipinski definition) is 4. The number of amides is 2. The second kappa shape index (κ2) is 8.76. The largest absolute Gasteiger partial charge is 0.444 e. The van der Waals surface area contributed by atoms with E-state index in [0.29, 0.717) is 29.1 Å². The average molecular weight is 423 g/mol. The van der Waals surface area contributed by atoms with E-state index in [2.05, 4.69) is 11.9 Å². The van der Waals surface area contributed by atoms with Crippen molar-refractivity contribution in [3.8, 4) is 0 Å². The molecular weight excluding hydrogens is 392 g/mol. The molecular formula is C22H31ClN2O4. The normalized spacial score (nSPS) is 21.1. The van der Waals surface area contributed by atoms with Crippen LogP contribution in [0.3, 0.4) is 0 Å². The molecule has 2 atom stereocenters. The van der Waals surface area contributed by atoms with Crippen molar-refractivity contribution in [1.82, 2.24) is 10.2 Å². The number of nitrogens with one attached hydrogen (secondary N) is 1. The smallest absolute Gasteiger partial charge is 0.408 e. The lowest BCUT2D eigenvalue weighted by atomic mass is 9.81. The molecule has 2 rings (SSSR count). The van der Waals surface area contributed by atoms with E-state index < -0.39 is 23.3 Å². The van der Waals surface area contributed by atoms with Crippen LogP contribution in [0.25, 0.3) is 0 Å². The Bertz CT molecular complexity index is 770. The van der Waals surface area contributed by atoms with E-state index in [9.17, 15) is 14.7 Å². The van der Waals surface area contributed by atoms with Gasteiger partial charge in [-0.15, -0.1) is 0 Å². The molecule has 2 N–H and O–H groups in total. The molecule has 1 aromatic carbocycles. The molecule has 160 valence electrons. The molecule has 1 unspecified atom stereocenters. The summed E-state index contributed by atoms with van der Waals surface area (Å²) in [5, 5.41) is 14.4. The van der Waals surface area contributed by atoms with Crippen molar-refractivity contribution in [1.29, 1.82) is 0 Å². The number of piperidine rings is 1. The Morgan fingerprint density at radius 1 is 1.28 bits per heavy atom. The average Bonchev–Trinajstić information content (AvgIpc) is 2.60. The molecule has 2 amide bonds. The molecule has 29 heavy (non-hydrogen) atoms. The van der Waals surface area contributed by atoms with E-state index in [1.165, 1.54) is 0 Å². The standard InChI is InChI=1S/C22H31ClN2O4/c1-14(2)18(24-20(27)29-21(4,5)6)19(26)25-12-11-22(28,15(3)13-25)16-7-9-17(23)10-8-16/h7-10,14,18,28H,3,11-13H2,1-2,4-6H3,(H,24,27)/t18?,22-/m1/s1. The number of hydrogen-bond donors (Lipinski definition) is 2. The van der Waals surface area contributed by atoms with Gasteiger partial charge in [0.15, 0.2) is 0 Å². The summed E-state index contributed by atoms with van der Waals surface area (Å²) in [7, 11) is 0. The Morgan fingerprint density at radius 3 is 2.34 bits per heavy atom. The van der Waals surface area contributed by atoms with Crippen LogP contribution in [0.5, 0.6) is 0 Å². The first kappa shape index (κ1) is 23.2. The first-order valence-corrected chi connectivity index (χ1v) is 10.2. The molecule has 1 aliphatic rings. The maximum atomic E-state index is 13.1. The van der Waals surface area contributed by atoms with Crippen molar-refractivity contribution >= 4 is 23.6 Å². The summed E-state index contributed by atoms with van der Waals surface area (Å²) in [5.74, 6) is -0.342. The number of ether oxygens (including phenoxy) is 1. The van der Waals surface area contributed by atoms with Gasteiger partial charge in [-0.1, -0.05) is 44.2 Å². The fourth-order valence-electron chi connectivity index (χ4n) is 3.32. The number of nitrogens with zero attached hydrogens (tertiary/aromatic N) is 1. The van der Waals surface area contributed by atoms with Crippen LogP contribution < -0.4 is 5.32 Å².